The minimum Gasteiger partial charge on any atom is -0.383 e. The summed E-state index contributed by atoms with van der Waals surface area (Å²) < 4.78 is 39.3. The van der Waals surface area contributed by atoms with Crippen LogP contribution in [0.25, 0.3) is 0 Å². The average molecular weight is 309 g/mol. The molecule has 0 aliphatic rings. The first-order valence-corrected chi connectivity index (χ1v) is 7.72. The van der Waals surface area contributed by atoms with Gasteiger partial charge < -0.3 is 5.73 Å². The molecule has 2 N–H and O–H groups in total. The van der Waals surface area contributed by atoms with E-state index >= 15 is 0 Å². The van der Waals surface area contributed by atoms with Crippen molar-refractivity contribution in [1.29, 1.82) is 0 Å². The highest BCUT2D eigenvalue weighted by Gasteiger charge is 2.28. The van der Waals surface area contributed by atoms with Gasteiger partial charge in [-0.1, -0.05) is 12.1 Å². The third-order valence-electron chi connectivity index (χ3n) is 3.35. The minimum absolute atomic E-state index is 0.0403. The number of anilines is 1. The molecule has 1 heterocycles. The highest BCUT2D eigenvalue weighted by molar-refractivity contribution is 7.89. The van der Waals surface area contributed by atoms with Crippen LogP contribution in [0.4, 0.5) is 10.2 Å². The summed E-state index contributed by atoms with van der Waals surface area (Å²) in [6, 6.07) is 8.16. The van der Waals surface area contributed by atoms with Crippen molar-refractivity contribution in [3.8, 4) is 0 Å². The molecule has 0 bridgehead atoms. The summed E-state index contributed by atoms with van der Waals surface area (Å²) in [6.07, 6.45) is 1.43. The number of aromatic nitrogens is 1. The molecule has 0 aliphatic heterocycles. The third-order valence-corrected chi connectivity index (χ3v) is 5.33. The Hall–Kier alpha value is -1.99. The summed E-state index contributed by atoms with van der Waals surface area (Å²) in [7, 11) is -2.32. The van der Waals surface area contributed by atoms with Gasteiger partial charge in [0.2, 0.25) is 10.0 Å². The number of nitrogens with zero attached hydrogens (tertiary/aromatic N) is 2. The molecule has 0 saturated carbocycles. The normalized spacial score (nSPS) is 13.3. The van der Waals surface area contributed by atoms with Crippen molar-refractivity contribution in [2.24, 2.45) is 0 Å². The molecule has 0 spiro atoms. The molecule has 1 aromatic heterocycles. The van der Waals surface area contributed by atoms with Crippen molar-refractivity contribution in [3.05, 3.63) is 54.0 Å². The number of hydrogen-bond donors (Lipinski definition) is 1. The molecule has 0 amide bonds. The molecular weight excluding hydrogens is 293 g/mol. The fraction of sp³-hybridized carbons (Fsp3) is 0.214. The van der Waals surface area contributed by atoms with E-state index < -0.39 is 16.1 Å². The highest BCUT2D eigenvalue weighted by Crippen LogP contribution is 2.27. The SMILES string of the molecule is CC(c1ccc(F)cc1)N(C)S(=O)(=O)c1cccnc1N. The zero-order valence-electron chi connectivity index (χ0n) is 11.7. The zero-order valence-corrected chi connectivity index (χ0v) is 12.5. The number of halogens is 1. The van der Waals surface area contributed by atoms with Crippen molar-refractivity contribution >= 4 is 15.8 Å². The predicted octanol–water partition coefficient (Wildman–Crippen LogP) is 2.18. The number of benzene rings is 1. The largest absolute Gasteiger partial charge is 0.383 e. The Bertz CT molecular complexity index is 732. The van der Waals surface area contributed by atoms with Gasteiger partial charge in [0.25, 0.3) is 0 Å². The second-order valence-electron chi connectivity index (χ2n) is 4.64. The summed E-state index contributed by atoms with van der Waals surface area (Å²) in [5.74, 6) is -0.413. The van der Waals surface area contributed by atoms with E-state index in [1.807, 2.05) is 0 Å². The fourth-order valence-corrected chi connectivity index (χ4v) is 3.35. The summed E-state index contributed by atoms with van der Waals surface area (Å²) in [4.78, 5) is 3.75. The van der Waals surface area contributed by atoms with Gasteiger partial charge in [-0.25, -0.2) is 17.8 Å². The minimum atomic E-state index is -3.78. The van der Waals surface area contributed by atoms with Gasteiger partial charge in [-0.05, 0) is 36.8 Å². The lowest BCUT2D eigenvalue weighted by atomic mass is 10.1. The molecule has 5 nitrogen and oxygen atoms in total. The van der Waals surface area contributed by atoms with E-state index in [1.165, 1.54) is 41.8 Å². The molecule has 112 valence electrons. The Labute approximate surface area is 123 Å². The zero-order chi connectivity index (χ0) is 15.6. The Morgan fingerprint density at radius 3 is 2.43 bits per heavy atom. The first-order valence-electron chi connectivity index (χ1n) is 6.28. The van der Waals surface area contributed by atoms with E-state index in [4.69, 9.17) is 5.73 Å². The number of rotatable bonds is 4. The van der Waals surface area contributed by atoms with Crippen LogP contribution in [0.1, 0.15) is 18.5 Å². The first kappa shape index (κ1) is 15.4. The van der Waals surface area contributed by atoms with E-state index in [9.17, 15) is 12.8 Å². The van der Waals surface area contributed by atoms with Crippen molar-refractivity contribution in [2.75, 3.05) is 12.8 Å². The summed E-state index contributed by atoms with van der Waals surface area (Å²) in [5, 5.41) is 0. The second-order valence-corrected chi connectivity index (χ2v) is 6.60. The maximum absolute atomic E-state index is 12.9. The van der Waals surface area contributed by atoms with Crippen LogP contribution in [0, 0.1) is 5.82 Å². The molecular formula is C14H16FN3O2S. The van der Waals surface area contributed by atoms with E-state index in [0.29, 0.717) is 5.56 Å². The average Bonchev–Trinajstić information content (AvgIpc) is 2.46. The number of hydrogen-bond acceptors (Lipinski definition) is 4. The van der Waals surface area contributed by atoms with Crippen molar-refractivity contribution in [1.82, 2.24) is 9.29 Å². The quantitative estimate of drug-likeness (QED) is 0.939. The molecule has 7 heteroatoms. The van der Waals surface area contributed by atoms with Crippen molar-refractivity contribution < 1.29 is 12.8 Å². The fourth-order valence-electron chi connectivity index (χ4n) is 1.94. The lowest BCUT2D eigenvalue weighted by Gasteiger charge is -2.25. The standard InChI is InChI=1S/C14H16FN3O2S/c1-10(11-5-7-12(15)8-6-11)18(2)21(19,20)13-4-3-9-17-14(13)16/h3-10H,1-2H3,(H2,16,17). The van der Waals surface area contributed by atoms with Crippen LogP contribution in [0.5, 0.6) is 0 Å². The van der Waals surface area contributed by atoms with Gasteiger partial charge in [0.05, 0.1) is 0 Å². The smallest absolute Gasteiger partial charge is 0.247 e. The van der Waals surface area contributed by atoms with E-state index in [2.05, 4.69) is 4.98 Å². The van der Waals surface area contributed by atoms with Gasteiger partial charge in [-0.3, -0.25) is 0 Å². The monoisotopic (exact) mass is 309 g/mol. The van der Waals surface area contributed by atoms with E-state index in [1.54, 1.807) is 19.1 Å². The molecule has 21 heavy (non-hydrogen) atoms. The predicted molar refractivity (Wildman–Crippen MR) is 78.4 cm³/mol. The van der Waals surface area contributed by atoms with Crippen LogP contribution in [0.15, 0.2) is 47.5 Å². The van der Waals surface area contributed by atoms with Crippen LogP contribution >= 0.6 is 0 Å². The lowest BCUT2D eigenvalue weighted by molar-refractivity contribution is 0.398. The maximum atomic E-state index is 12.9. The Morgan fingerprint density at radius 1 is 1.24 bits per heavy atom. The van der Waals surface area contributed by atoms with Crippen LogP contribution < -0.4 is 5.73 Å². The molecule has 2 aromatic rings. The Morgan fingerprint density at radius 2 is 1.86 bits per heavy atom. The summed E-state index contributed by atoms with van der Waals surface area (Å²) in [6.45, 7) is 1.72. The van der Waals surface area contributed by atoms with Gasteiger partial charge in [0.1, 0.15) is 16.5 Å². The second kappa shape index (κ2) is 5.79. The topological polar surface area (TPSA) is 76.3 Å². The van der Waals surface area contributed by atoms with Crippen molar-refractivity contribution in [3.63, 3.8) is 0 Å². The molecule has 2 rings (SSSR count). The van der Waals surface area contributed by atoms with Crippen LogP contribution in [-0.4, -0.2) is 24.8 Å². The molecule has 0 saturated heterocycles. The summed E-state index contributed by atoms with van der Waals surface area (Å²) >= 11 is 0. The number of nitrogen functional groups attached to an aromatic ring is 1. The maximum Gasteiger partial charge on any atom is 0.247 e. The van der Waals surface area contributed by atoms with E-state index in [-0.39, 0.29) is 16.5 Å². The van der Waals surface area contributed by atoms with Crippen LogP contribution in [-0.2, 0) is 10.0 Å². The Kier molecular flexibility index (Phi) is 4.24. The lowest BCUT2D eigenvalue weighted by Crippen LogP contribution is -2.30. The molecule has 1 unspecified atom stereocenters. The first-order chi connectivity index (χ1) is 9.84. The van der Waals surface area contributed by atoms with Gasteiger partial charge in [-0.2, -0.15) is 4.31 Å². The molecule has 0 radical (unpaired) electrons. The third kappa shape index (κ3) is 3.03. The van der Waals surface area contributed by atoms with Crippen molar-refractivity contribution in [2.45, 2.75) is 17.9 Å². The van der Waals surface area contributed by atoms with Crippen LogP contribution in [0.3, 0.4) is 0 Å². The van der Waals surface area contributed by atoms with Gasteiger partial charge in [-0.15, -0.1) is 0 Å². The van der Waals surface area contributed by atoms with Gasteiger partial charge in [0, 0.05) is 19.3 Å². The highest BCUT2D eigenvalue weighted by atomic mass is 32.2. The molecule has 0 fully saturated rings. The Balaban J connectivity index is 2.36. The molecule has 1 atom stereocenters. The molecule has 1 aromatic carbocycles. The van der Waals surface area contributed by atoms with Gasteiger partial charge >= 0.3 is 0 Å². The van der Waals surface area contributed by atoms with Crippen LogP contribution in [0.2, 0.25) is 0 Å². The van der Waals surface area contributed by atoms with E-state index in [0.717, 1.165) is 0 Å². The number of nitrogens with two attached hydrogens (primary N) is 1. The number of sulfonamides is 1. The number of pyridine rings is 1. The summed E-state index contributed by atoms with van der Waals surface area (Å²) in [5.41, 5.74) is 6.32. The van der Waals surface area contributed by atoms with Gasteiger partial charge in [0.15, 0.2) is 0 Å². The molecule has 0 aliphatic carbocycles.